The topological polar surface area (TPSA) is 43.8 Å². The number of hydrogen-bond acceptors (Lipinski definition) is 2. The molecule has 1 heterocycles. The molecule has 0 spiro atoms. The number of nitrogen functional groups attached to an aromatic ring is 1. The van der Waals surface area contributed by atoms with Crippen molar-refractivity contribution in [3.63, 3.8) is 0 Å². The molecule has 0 aliphatic heterocycles. The number of hydrogen-bond donors (Lipinski definition) is 1. The zero-order valence-electron chi connectivity index (χ0n) is 12.3. The molecule has 0 saturated heterocycles. The summed E-state index contributed by atoms with van der Waals surface area (Å²) in [4.78, 5) is 4.30. The number of anilines is 1. The lowest BCUT2D eigenvalue weighted by atomic mass is 10.1. The van der Waals surface area contributed by atoms with Crippen LogP contribution in [-0.2, 0) is 6.18 Å². The molecule has 3 aromatic rings. The predicted octanol–water partition coefficient (Wildman–Crippen LogP) is 4.45. The summed E-state index contributed by atoms with van der Waals surface area (Å²) >= 11 is 0. The van der Waals surface area contributed by atoms with Crippen molar-refractivity contribution in [2.75, 3.05) is 5.73 Å². The van der Waals surface area contributed by atoms with E-state index in [1.54, 1.807) is 17.1 Å². The van der Waals surface area contributed by atoms with Gasteiger partial charge in [0.25, 0.3) is 0 Å². The molecule has 1 aromatic heterocycles. The highest BCUT2D eigenvalue weighted by Gasteiger charge is 2.29. The van der Waals surface area contributed by atoms with Crippen molar-refractivity contribution >= 4 is 5.69 Å². The Morgan fingerprint density at radius 2 is 1.74 bits per heavy atom. The maximum Gasteiger partial charge on any atom is 0.416 e. The Balaban J connectivity index is 1.91. The van der Waals surface area contributed by atoms with Crippen LogP contribution in [0.3, 0.4) is 0 Å². The fraction of sp³-hybridized carbons (Fsp3) is 0.118. The zero-order valence-corrected chi connectivity index (χ0v) is 12.3. The smallest absolute Gasteiger partial charge is 0.399 e. The lowest BCUT2D eigenvalue weighted by Gasteiger charge is -2.07. The van der Waals surface area contributed by atoms with Gasteiger partial charge >= 0.3 is 6.18 Å². The van der Waals surface area contributed by atoms with Crippen LogP contribution >= 0.6 is 0 Å². The summed E-state index contributed by atoms with van der Waals surface area (Å²) in [5.41, 5.74) is 9.03. The number of alkyl halides is 3. The first-order valence-electron chi connectivity index (χ1n) is 6.93. The van der Waals surface area contributed by atoms with Crippen LogP contribution < -0.4 is 5.73 Å². The number of aryl methyl sites for hydroxylation is 1. The van der Waals surface area contributed by atoms with E-state index in [1.807, 2.05) is 25.1 Å². The van der Waals surface area contributed by atoms with Gasteiger partial charge in [0.05, 0.1) is 17.6 Å². The Hall–Kier alpha value is -2.76. The molecule has 0 fully saturated rings. The summed E-state index contributed by atoms with van der Waals surface area (Å²) in [6, 6.07) is 10.5. The van der Waals surface area contributed by atoms with Crippen LogP contribution in [-0.4, -0.2) is 9.55 Å². The Morgan fingerprint density at radius 1 is 1.04 bits per heavy atom. The number of halogens is 3. The van der Waals surface area contributed by atoms with E-state index in [-0.39, 0.29) is 0 Å². The summed E-state index contributed by atoms with van der Waals surface area (Å²) < 4.78 is 39.4. The van der Waals surface area contributed by atoms with Gasteiger partial charge in [0.2, 0.25) is 0 Å². The molecule has 0 radical (unpaired) electrons. The third-order valence-electron chi connectivity index (χ3n) is 3.64. The van der Waals surface area contributed by atoms with Crippen LogP contribution in [0.4, 0.5) is 18.9 Å². The van der Waals surface area contributed by atoms with E-state index in [4.69, 9.17) is 5.73 Å². The quantitative estimate of drug-likeness (QED) is 0.710. The van der Waals surface area contributed by atoms with Gasteiger partial charge < -0.3 is 10.3 Å². The third-order valence-corrected chi connectivity index (χ3v) is 3.64. The Kier molecular flexibility index (Phi) is 3.60. The van der Waals surface area contributed by atoms with E-state index in [1.165, 1.54) is 12.1 Å². The highest BCUT2D eigenvalue weighted by molar-refractivity contribution is 5.64. The standard InChI is InChI=1S/C17H14F3N3/c1-11-8-12(2-7-15(11)21)16-9-23(10-22-16)14-5-3-13(4-6-14)17(18,19)20/h2-10H,21H2,1H3. The molecule has 3 nitrogen and oxygen atoms in total. The molecular weight excluding hydrogens is 303 g/mol. The van der Waals surface area contributed by atoms with E-state index < -0.39 is 11.7 Å². The largest absolute Gasteiger partial charge is 0.416 e. The molecule has 0 saturated carbocycles. The molecule has 23 heavy (non-hydrogen) atoms. The van der Waals surface area contributed by atoms with Crippen LogP contribution in [0.25, 0.3) is 16.9 Å². The molecular formula is C17H14F3N3. The zero-order chi connectivity index (χ0) is 16.6. The number of nitrogens with two attached hydrogens (primary N) is 1. The molecule has 3 rings (SSSR count). The first-order valence-corrected chi connectivity index (χ1v) is 6.93. The highest BCUT2D eigenvalue weighted by Crippen LogP contribution is 2.30. The summed E-state index contributed by atoms with van der Waals surface area (Å²) in [6.45, 7) is 1.91. The van der Waals surface area contributed by atoms with Crippen molar-refractivity contribution in [2.24, 2.45) is 0 Å². The van der Waals surface area contributed by atoms with E-state index in [9.17, 15) is 13.2 Å². The van der Waals surface area contributed by atoms with Crippen LogP contribution in [0, 0.1) is 6.92 Å². The summed E-state index contributed by atoms with van der Waals surface area (Å²) in [6.07, 6.45) is -0.989. The van der Waals surface area contributed by atoms with Gasteiger partial charge in [-0.25, -0.2) is 4.98 Å². The van der Waals surface area contributed by atoms with E-state index in [0.717, 1.165) is 29.0 Å². The maximum atomic E-state index is 12.6. The summed E-state index contributed by atoms with van der Waals surface area (Å²) in [7, 11) is 0. The fourth-order valence-corrected chi connectivity index (χ4v) is 2.27. The average Bonchev–Trinajstić information content (AvgIpc) is 2.99. The second-order valence-electron chi connectivity index (χ2n) is 5.28. The van der Waals surface area contributed by atoms with Gasteiger partial charge in [-0.2, -0.15) is 13.2 Å². The number of aromatic nitrogens is 2. The molecule has 0 atom stereocenters. The molecule has 0 aliphatic rings. The van der Waals surface area contributed by atoms with Crippen molar-refractivity contribution in [1.82, 2.24) is 9.55 Å². The molecule has 6 heteroatoms. The number of nitrogens with zero attached hydrogens (tertiary/aromatic N) is 2. The lowest BCUT2D eigenvalue weighted by Crippen LogP contribution is -2.04. The highest BCUT2D eigenvalue weighted by atomic mass is 19.4. The Bertz CT molecular complexity index is 833. The van der Waals surface area contributed by atoms with Gasteiger partial charge in [0.1, 0.15) is 0 Å². The minimum atomic E-state index is -4.33. The molecule has 0 bridgehead atoms. The first-order chi connectivity index (χ1) is 10.8. The minimum Gasteiger partial charge on any atom is -0.399 e. The second kappa shape index (κ2) is 5.46. The van der Waals surface area contributed by atoms with Gasteiger partial charge in [-0.3, -0.25) is 0 Å². The number of benzene rings is 2. The average molecular weight is 317 g/mol. The van der Waals surface area contributed by atoms with Crippen molar-refractivity contribution in [3.05, 3.63) is 66.1 Å². The summed E-state index contributed by atoms with van der Waals surface area (Å²) in [5, 5.41) is 0. The van der Waals surface area contributed by atoms with Crippen molar-refractivity contribution in [2.45, 2.75) is 13.1 Å². The number of rotatable bonds is 2. The third kappa shape index (κ3) is 3.06. The molecule has 0 unspecified atom stereocenters. The lowest BCUT2D eigenvalue weighted by molar-refractivity contribution is -0.137. The summed E-state index contributed by atoms with van der Waals surface area (Å²) in [5.74, 6) is 0. The number of imidazole rings is 1. The molecule has 2 aromatic carbocycles. The normalized spacial score (nSPS) is 11.7. The van der Waals surface area contributed by atoms with Crippen LogP contribution in [0.15, 0.2) is 55.0 Å². The van der Waals surface area contributed by atoms with Crippen molar-refractivity contribution in [1.29, 1.82) is 0 Å². The van der Waals surface area contributed by atoms with Gasteiger partial charge in [-0.1, -0.05) is 6.07 Å². The monoisotopic (exact) mass is 317 g/mol. The maximum absolute atomic E-state index is 12.6. The Morgan fingerprint density at radius 3 is 2.35 bits per heavy atom. The first kappa shape index (κ1) is 15.1. The van der Waals surface area contributed by atoms with Gasteiger partial charge in [-0.05, 0) is 48.9 Å². The molecule has 0 aliphatic carbocycles. The molecule has 0 amide bonds. The van der Waals surface area contributed by atoms with Gasteiger partial charge in [-0.15, -0.1) is 0 Å². The second-order valence-corrected chi connectivity index (χ2v) is 5.28. The predicted molar refractivity (Wildman–Crippen MR) is 83.2 cm³/mol. The van der Waals surface area contributed by atoms with E-state index >= 15 is 0 Å². The van der Waals surface area contributed by atoms with E-state index in [2.05, 4.69) is 4.98 Å². The fourth-order valence-electron chi connectivity index (χ4n) is 2.27. The van der Waals surface area contributed by atoms with Crippen LogP contribution in [0.1, 0.15) is 11.1 Å². The molecule has 2 N–H and O–H groups in total. The SMILES string of the molecule is Cc1cc(-c2cn(-c3ccc(C(F)(F)F)cc3)cn2)ccc1N. The minimum absolute atomic E-state index is 0.615. The van der Waals surface area contributed by atoms with Crippen molar-refractivity contribution in [3.8, 4) is 16.9 Å². The van der Waals surface area contributed by atoms with Crippen LogP contribution in [0.5, 0.6) is 0 Å². The van der Waals surface area contributed by atoms with Gasteiger partial charge in [0, 0.05) is 23.1 Å². The van der Waals surface area contributed by atoms with Crippen LogP contribution in [0.2, 0.25) is 0 Å². The van der Waals surface area contributed by atoms with Crippen molar-refractivity contribution < 1.29 is 13.2 Å². The van der Waals surface area contributed by atoms with Gasteiger partial charge in [0.15, 0.2) is 0 Å². The Labute approximate surface area is 131 Å². The molecule has 118 valence electrons. The van der Waals surface area contributed by atoms with E-state index in [0.29, 0.717) is 11.4 Å².